The number of rotatable bonds is 1. The monoisotopic (exact) mass is 324 g/mol. The van der Waals surface area contributed by atoms with Crippen LogP contribution in [-0.4, -0.2) is 24.2 Å². The third-order valence-corrected chi connectivity index (χ3v) is 3.83. The van der Waals surface area contributed by atoms with E-state index in [1.165, 1.54) is 0 Å². The number of nitriles is 1. The Morgan fingerprint density at radius 2 is 1.96 bits per heavy atom. The van der Waals surface area contributed by atoms with Crippen molar-refractivity contribution in [1.29, 1.82) is 5.26 Å². The summed E-state index contributed by atoms with van der Waals surface area (Å²) in [6.07, 6.45) is 0. The van der Waals surface area contributed by atoms with E-state index in [9.17, 15) is 10.1 Å². The van der Waals surface area contributed by atoms with E-state index >= 15 is 0 Å². The molecule has 0 fully saturated rings. The number of hydrogen-bond acceptors (Lipinski definition) is 5. The summed E-state index contributed by atoms with van der Waals surface area (Å²) in [6.45, 7) is 0. The van der Waals surface area contributed by atoms with Crippen molar-refractivity contribution in [2.45, 2.75) is 0 Å². The van der Waals surface area contributed by atoms with Crippen molar-refractivity contribution in [3.63, 3.8) is 0 Å². The van der Waals surface area contributed by atoms with Crippen molar-refractivity contribution in [1.82, 2.24) is 4.90 Å². The fourth-order valence-electron chi connectivity index (χ4n) is 2.22. The van der Waals surface area contributed by atoms with E-state index in [-0.39, 0.29) is 27.5 Å². The smallest absolute Gasteiger partial charge is 0.264 e. The van der Waals surface area contributed by atoms with E-state index in [1.807, 2.05) is 6.07 Å². The normalized spacial score (nSPS) is 10.5. The van der Waals surface area contributed by atoms with Gasteiger partial charge in [0.25, 0.3) is 5.17 Å². The summed E-state index contributed by atoms with van der Waals surface area (Å²) in [5, 5.41) is 10.5. The Morgan fingerprint density at radius 3 is 2.65 bits per heavy atom. The van der Waals surface area contributed by atoms with Crippen molar-refractivity contribution >= 4 is 39.3 Å². The molecule has 5 nitrogen and oxygen atoms in total. The molecule has 6 heteroatoms. The first-order valence-electron chi connectivity index (χ1n) is 6.80. The summed E-state index contributed by atoms with van der Waals surface area (Å²) >= 11 is 5.09. The summed E-state index contributed by atoms with van der Waals surface area (Å²) in [6, 6.07) is 12.1. The van der Waals surface area contributed by atoms with Crippen LogP contribution in [0, 0.1) is 11.3 Å². The maximum atomic E-state index is 12.6. The molecule has 0 radical (unpaired) electrons. The quantitative estimate of drug-likeness (QED) is 0.506. The van der Waals surface area contributed by atoms with Gasteiger partial charge in [-0.2, -0.15) is 5.26 Å². The van der Waals surface area contributed by atoms with E-state index in [0.717, 1.165) is 0 Å². The molecular formula is C17H12N2O3S. The summed E-state index contributed by atoms with van der Waals surface area (Å²) in [7, 11) is 3.48. The largest absolute Gasteiger partial charge is 0.454 e. The van der Waals surface area contributed by atoms with Gasteiger partial charge >= 0.3 is 0 Å². The zero-order valence-corrected chi connectivity index (χ0v) is 13.3. The highest BCUT2D eigenvalue weighted by atomic mass is 32.1. The van der Waals surface area contributed by atoms with Crippen molar-refractivity contribution in [3.8, 4) is 11.8 Å². The number of thiocarbonyl (C=S) groups is 1. The van der Waals surface area contributed by atoms with Crippen LogP contribution >= 0.6 is 12.2 Å². The molecule has 0 N–H and O–H groups in total. The Balaban J connectivity index is 2.31. The molecule has 0 spiro atoms. The van der Waals surface area contributed by atoms with Crippen LogP contribution in [-0.2, 0) is 0 Å². The fraction of sp³-hybridized carbons (Fsp3) is 0.118. The molecule has 3 rings (SSSR count). The molecule has 0 saturated heterocycles. The van der Waals surface area contributed by atoms with Crippen LogP contribution < -0.4 is 10.2 Å². The van der Waals surface area contributed by atoms with Gasteiger partial charge in [0.05, 0.1) is 10.8 Å². The van der Waals surface area contributed by atoms with E-state index in [1.54, 1.807) is 55.4 Å². The molecule has 0 bridgehead atoms. The highest BCUT2D eigenvalue weighted by Crippen LogP contribution is 2.28. The summed E-state index contributed by atoms with van der Waals surface area (Å²) in [4.78, 5) is 14.2. The third-order valence-electron chi connectivity index (χ3n) is 3.38. The van der Waals surface area contributed by atoms with Crippen molar-refractivity contribution in [2.75, 3.05) is 14.1 Å². The molecule has 0 atom stereocenters. The zero-order chi connectivity index (χ0) is 16.6. The maximum absolute atomic E-state index is 12.6. The van der Waals surface area contributed by atoms with E-state index in [2.05, 4.69) is 0 Å². The number of benzene rings is 2. The summed E-state index contributed by atoms with van der Waals surface area (Å²) in [5.74, 6) is 0.261. The molecule has 3 aromatic rings. The van der Waals surface area contributed by atoms with Crippen LogP contribution in [0.1, 0.15) is 5.56 Å². The van der Waals surface area contributed by atoms with Gasteiger partial charge in [0.15, 0.2) is 11.3 Å². The van der Waals surface area contributed by atoms with Gasteiger partial charge in [-0.3, -0.25) is 4.79 Å². The molecule has 0 aliphatic heterocycles. The maximum Gasteiger partial charge on any atom is 0.264 e. The minimum atomic E-state index is -0.180. The fourth-order valence-corrected chi connectivity index (χ4v) is 2.31. The van der Waals surface area contributed by atoms with Crippen molar-refractivity contribution in [2.24, 2.45) is 0 Å². The average molecular weight is 324 g/mol. The molecule has 0 unspecified atom stereocenters. The Hall–Kier alpha value is -2.91. The second-order valence-electron chi connectivity index (χ2n) is 5.12. The highest BCUT2D eigenvalue weighted by molar-refractivity contribution is 7.80. The second-order valence-corrected chi connectivity index (χ2v) is 5.47. The molecule has 0 aliphatic carbocycles. The molecule has 2 aromatic carbocycles. The average Bonchev–Trinajstić information content (AvgIpc) is 2.54. The van der Waals surface area contributed by atoms with E-state index in [4.69, 9.17) is 21.4 Å². The van der Waals surface area contributed by atoms with Crippen molar-refractivity contribution < 1.29 is 9.15 Å². The van der Waals surface area contributed by atoms with Gasteiger partial charge in [-0.25, -0.2) is 0 Å². The number of para-hydroxylation sites is 1. The van der Waals surface area contributed by atoms with Gasteiger partial charge in [-0.15, -0.1) is 0 Å². The zero-order valence-electron chi connectivity index (χ0n) is 12.5. The van der Waals surface area contributed by atoms with E-state index in [0.29, 0.717) is 16.4 Å². The lowest BCUT2D eigenvalue weighted by Gasteiger charge is -2.15. The minimum Gasteiger partial charge on any atom is -0.454 e. The van der Waals surface area contributed by atoms with Gasteiger partial charge in [-0.05, 0) is 36.5 Å². The summed E-state index contributed by atoms with van der Waals surface area (Å²) < 4.78 is 11.3. The Labute approximate surface area is 137 Å². The molecular weight excluding hydrogens is 312 g/mol. The molecule has 0 aliphatic rings. The first-order chi connectivity index (χ1) is 11.0. The highest BCUT2D eigenvalue weighted by Gasteiger charge is 2.17. The van der Waals surface area contributed by atoms with Gasteiger partial charge in [0.1, 0.15) is 17.2 Å². The lowest BCUT2D eigenvalue weighted by molar-refractivity contribution is 0.448. The van der Waals surface area contributed by atoms with Crippen LogP contribution in [0.4, 0.5) is 0 Å². The lowest BCUT2D eigenvalue weighted by Crippen LogP contribution is -2.25. The topological polar surface area (TPSA) is 66.5 Å². The standard InChI is InChI=1S/C17H12N2O3S/c1-19(2)17(23)22-14-8-7-11-15(20)10-5-3-4-6-13(10)21-16(11)12(14)9-18/h3-8H,1-2H3. The number of ether oxygens (including phenoxy) is 1. The van der Waals surface area contributed by atoms with Gasteiger partial charge in [-0.1, -0.05) is 12.1 Å². The Morgan fingerprint density at radius 1 is 1.22 bits per heavy atom. The predicted molar refractivity (Wildman–Crippen MR) is 91.6 cm³/mol. The molecule has 114 valence electrons. The lowest BCUT2D eigenvalue weighted by atomic mass is 10.1. The van der Waals surface area contributed by atoms with Gasteiger partial charge in [0, 0.05) is 14.1 Å². The Kier molecular flexibility index (Phi) is 3.72. The first kappa shape index (κ1) is 15.0. The molecule has 1 heterocycles. The van der Waals surface area contributed by atoms with Crippen molar-refractivity contribution in [3.05, 3.63) is 52.2 Å². The second kappa shape index (κ2) is 5.71. The Bertz CT molecular complexity index is 1030. The third kappa shape index (κ3) is 2.51. The van der Waals surface area contributed by atoms with Crippen LogP contribution in [0.15, 0.2) is 45.6 Å². The molecule has 23 heavy (non-hydrogen) atoms. The predicted octanol–water partition coefficient (Wildman–Crippen LogP) is 3.04. The molecule has 0 saturated carbocycles. The van der Waals surface area contributed by atoms with E-state index < -0.39 is 0 Å². The van der Waals surface area contributed by atoms with Gasteiger partial charge < -0.3 is 14.1 Å². The minimum absolute atomic E-state index is 0.148. The first-order valence-corrected chi connectivity index (χ1v) is 7.21. The number of hydrogen-bond donors (Lipinski definition) is 0. The molecule has 0 amide bonds. The summed E-state index contributed by atoms with van der Waals surface area (Å²) in [5.41, 5.74) is 0.596. The van der Waals surface area contributed by atoms with Crippen LogP contribution in [0.25, 0.3) is 21.9 Å². The van der Waals surface area contributed by atoms with Gasteiger partial charge in [0.2, 0.25) is 5.43 Å². The van der Waals surface area contributed by atoms with Crippen LogP contribution in [0.3, 0.4) is 0 Å². The SMILES string of the molecule is CN(C)C(=S)Oc1ccc2c(=O)c3ccccc3oc2c1C#N. The van der Waals surface area contributed by atoms with Crippen LogP contribution in [0.5, 0.6) is 5.75 Å². The number of fused-ring (bicyclic) bond motifs is 2. The molecule has 1 aromatic heterocycles. The van der Waals surface area contributed by atoms with Crippen LogP contribution in [0.2, 0.25) is 0 Å². The number of nitrogens with zero attached hydrogens (tertiary/aromatic N) is 2.